The van der Waals surface area contributed by atoms with Crippen molar-refractivity contribution < 1.29 is 14.4 Å². The molecule has 0 unspecified atom stereocenters. The molecule has 0 aliphatic rings. The minimum absolute atomic E-state index is 0.262. The van der Waals surface area contributed by atoms with Gasteiger partial charge in [-0.15, -0.1) is 0 Å². The van der Waals surface area contributed by atoms with E-state index in [9.17, 15) is 4.79 Å². The fraction of sp³-hybridized carbons (Fsp3) is 0.679. The lowest BCUT2D eigenvalue weighted by Gasteiger charge is -2.34. The van der Waals surface area contributed by atoms with Crippen molar-refractivity contribution in [2.45, 2.75) is 98.8 Å². The molecular formula is C28H52NO2+. The maximum Gasteiger partial charge on any atom is 0.303 e. The Kier molecular flexibility index (Phi) is 25.1. The normalized spacial score (nSPS) is 12.3. The number of carboxylic acids is 1. The van der Waals surface area contributed by atoms with Gasteiger partial charge in [-0.25, -0.2) is 0 Å². The molecule has 0 saturated carbocycles. The van der Waals surface area contributed by atoms with Gasteiger partial charge in [0.25, 0.3) is 0 Å². The highest BCUT2D eigenvalue weighted by Crippen LogP contribution is 2.03. The van der Waals surface area contributed by atoms with Crippen molar-refractivity contribution in [2.75, 3.05) is 26.2 Å². The number of carbonyl (C=O) groups is 1. The summed E-state index contributed by atoms with van der Waals surface area (Å²) >= 11 is 0. The monoisotopic (exact) mass is 434 g/mol. The number of allylic oxidation sites excluding steroid dienone is 8. The minimum Gasteiger partial charge on any atom is -0.481 e. The molecule has 0 bridgehead atoms. The van der Waals surface area contributed by atoms with Crippen molar-refractivity contribution in [3.05, 3.63) is 48.6 Å². The average Bonchev–Trinajstić information content (AvgIpc) is 2.78. The van der Waals surface area contributed by atoms with Gasteiger partial charge >= 0.3 is 5.97 Å². The molecule has 0 aromatic rings. The Hall–Kier alpha value is -1.61. The van der Waals surface area contributed by atoms with Crippen molar-refractivity contribution in [1.82, 2.24) is 0 Å². The zero-order chi connectivity index (χ0) is 23.6. The first-order valence-corrected chi connectivity index (χ1v) is 12.7. The van der Waals surface area contributed by atoms with Gasteiger partial charge in [-0.2, -0.15) is 0 Å². The molecule has 0 spiro atoms. The first-order valence-electron chi connectivity index (χ1n) is 12.7. The second-order valence-electron chi connectivity index (χ2n) is 7.98. The third-order valence-corrected chi connectivity index (χ3v) is 5.90. The number of hydrogen-bond donors (Lipinski definition) is 1. The van der Waals surface area contributed by atoms with Crippen molar-refractivity contribution in [3.63, 3.8) is 0 Å². The van der Waals surface area contributed by atoms with Crippen LogP contribution in [-0.4, -0.2) is 41.7 Å². The molecule has 0 aromatic heterocycles. The molecule has 180 valence electrons. The highest BCUT2D eigenvalue weighted by atomic mass is 16.4. The number of quaternary nitrogens is 1. The van der Waals surface area contributed by atoms with Crippen molar-refractivity contribution in [1.29, 1.82) is 0 Å². The molecule has 1 N–H and O–H groups in total. The highest BCUT2D eigenvalue weighted by molar-refractivity contribution is 5.66. The second-order valence-corrected chi connectivity index (χ2v) is 7.98. The van der Waals surface area contributed by atoms with Crippen molar-refractivity contribution in [3.8, 4) is 0 Å². The van der Waals surface area contributed by atoms with Gasteiger partial charge in [0.15, 0.2) is 0 Å². The Balaban J connectivity index is 0. The van der Waals surface area contributed by atoms with Crippen molar-refractivity contribution in [2.24, 2.45) is 0 Å². The Morgan fingerprint density at radius 2 is 1.00 bits per heavy atom. The number of aliphatic carboxylic acids is 1. The molecule has 0 radical (unpaired) electrons. The smallest absolute Gasteiger partial charge is 0.303 e. The highest BCUT2D eigenvalue weighted by Gasteiger charge is 2.16. The molecular weight excluding hydrogens is 382 g/mol. The summed E-state index contributed by atoms with van der Waals surface area (Å²) in [5, 5.41) is 8.49. The van der Waals surface area contributed by atoms with Gasteiger partial charge in [0, 0.05) is 6.42 Å². The average molecular weight is 435 g/mol. The topological polar surface area (TPSA) is 37.3 Å². The summed E-state index contributed by atoms with van der Waals surface area (Å²) in [6, 6.07) is 0. The lowest BCUT2D eigenvalue weighted by atomic mass is 10.2. The van der Waals surface area contributed by atoms with Crippen LogP contribution in [0.4, 0.5) is 0 Å². The number of unbranched alkanes of at least 4 members (excludes halogenated alkanes) is 4. The van der Waals surface area contributed by atoms with E-state index in [0.717, 1.165) is 32.1 Å². The predicted octanol–water partition coefficient (Wildman–Crippen LogP) is 8.10. The molecule has 0 fully saturated rings. The van der Waals surface area contributed by atoms with Gasteiger partial charge in [0.1, 0.15) is 0 Å². The van der Waals surface area contributed by atoms with Gasteiger partial charge in [-0.05, 0) is 72.6 Å². The fourth-order valence-electron chi connectivity index (χ4n) is 3.27. The van der Waals surface area contributed by atoms with Crippen molar-refractivity contribution >= 4 is 5.97 Å². The van der Waals surface area contributed by atoms with Crippen LogP contribution in [0.15, 0.2) is 48.6 Å². The maximum absolute atomic E-state index is 10.3. The second kappa shape index (κ2) is 24.7. The third-order valence-electron chi connectivity index (χ3n) is 5.90. The summed E-state index contributed by atoms with van der Waals surface area (Å²) in [6.45, 7) is 16.5. The minimum atomic E-state index is -0.712. The van der Waals surface area contributed by atoms with Crippen LogP contribution >= 0.6 is 0 Å². The molecule has 0 atom stereocenters. The molecule has 0 amide bonds. The van der Waals surface area contributed by atoms with Crippen LogP contribution in [0.3, 0.4) is 0 Å². The Morgan fingerprint density at radius 3 is 1.32 bits per heavy atom. The fourth-order valence-corrected chi connectivity index (χ4v) is 3.27. The summed E-state index contributed by atoms with van der Waals surface area (Å²) in [5.74, 6) is -0.712. The van der Waals surface area contributed by atoms with E-state index in [1.54, 1.807) is 0 Å². The summed E-state index contributed by atoms with van der Waals surface area (Å²) in [4.78, 5) is 10.3. The summed E-state index contributed by atoms with van der Waals surface area (Å²) in [5.41, 5.74) is 0. The van der Waals surface area contributed by atoms with E-state index >= 15 is 0 Å². The summed E-state index contributed by atoms with van der Waals surface area (Å²) in [6.07, 6.45) is 27.3. The van der Waals surface area contributed by atoms with Crippen LogP contribution in [0.25, 0.3) is 0 Å². The van der Waals surface area contributed by atoms with Crippen LogP contribution in [0.5, 0.6) is 0 Å². The SMILES string of the molecule is CCCCCC=CCC=CCC=CCC=CCCCC(=O)O.CC[N+](CC)(CC)CC. The van der Waals surface area contributed by atoms with Gasteiger partial charge in [0.05, 0.1) is 26.2 Å². The summed E-state index contributed by atoms with van der Waals surface area (Å²) in [7, 11) is 0. The maximum atomic E-state index is 10.3. The molecule has 0 aliphatic heterocycles. The van der Waals surface area contributed by atoms with Gasteiger partial charge in [-0.3, -0.25) is 4.79 Å². The van der Waals surface area contributed by atoms with E-state index in [2.05, 4.69) is 83.2 Å². The molecule has 0 rings (SSSR count). The molecule has 0 saturated heterocycles. The number of rotatable bonds is 18. The Morgan fingerprint density at radius 1 is 0.613 bits per heavy atom. The van der Waals surface area contributed by atoms with E-state index in [4.69, 9.17) is 5.11 Å². The quantitative estimate of drug-likeness (QED) is 0.134. The summed E-state index contributed by atoms with van der Waals surface area (Å²) < 4.78 is 1.28. The van der Waals surface area contributed by atoms with E-state index in [0.29, 0.717) is 0 Å². The predicted molar refractivity (Wildman–Crippen MR) is 138 cm³/mol. The van der Waals surface area contributed by atoms with E-state index in [1.807, 2.05) is 0 Å². The van der Waals surface area contributed by atoms with Gasteiger partial charge in [-0.1, -0.05) is 68.4 Å². The van der Waals surface area contributed by atoms with Crippen LogP contribution in [0.2, 0.25) is 0 Å². The molecule has 0 heterocycles. The number of nitrogens with zero attached hydrogens (tertiary/aromatic N) is 1. The largest absolute Gasteiger partial charge is 0.481 e. The lowest BCUT2D eigenvalue weighted by Crippen LogP contribution is -2.47. The van der Waals surface area contributed by atoms with Crippen LogP contribution in [-0.2, 0) is 4.79 Å². The molecule has 0 aromatic carbocycles. The zero-order valence-electron chi connectivity index (χ0n) is 21.3. The molecule has 3 nitrogen and oxygen atoms in total. The van der Waals surface area contributed by atoms with Crippen LogP contribution in [0.1, 0.15) is 98.8 Å². The van der Waals surface area contributed by atoms with Gasteiger partial charge in [0.2, 0.25) is 0 Å². The Labute approximate surface area is 194 Å². The first-order chi connectivity index (χ1) is 15.0. The number of carboxylic acid groups (broad SMARTS) is 1. The van der Waals surface area contributed by atoms with Gasteiger partial charge < -0.3 is 9.59 Å². The Bertz CT molecular complexity index is 482. The first kappa shape index (κ1) is 31.6. The standard InChI is InChI=1S/C20H32O2.C8H20N/c1-2-3-4-5-6-7-8-9-10-11-12-13-14-15-16-17-18-19-20(21)22;1-5-9(6-2,7-3)8-4/h6-7,9-10,12-13,15-16H,2-5,8,11,14,17-19H2,1H3,(H,21,22);5-8H2,1-4H3/q;+1. The molecule has 3 heteroatoms. The van der Waals surface area contributed by atoms with E-state index in [-0.39, 0.29) is 6.42 Å². The molecule has 0 aliphatic carbocycles. The van der Waals surface area contributed by atoms with E-state index in [1.165, 1.54) is 56.3 Å². The zero-order valence-corrected chi connectivity index (χ0v) is 21.3. The lowest BCUT2D eigenvalue weighted by molar-refractivity contribution is -0.921. The van der Waals surface area contributed by atoms with E-state index < -0.39 is 5.97 Å². The van der Waals surface area contributed by atoms with Crippen LogP contribution < -0.4 is 0 Å². The number of hydrogen-bond acceptors (Lipinski definition) is 1. The molecule has 31 heavy (non-hydrogen) atoms. The van der Waals surface area contributed by atoms with Crippen LogP contribution in [0, 0.1) is 0 Å². The third kappa shape index (κ3) is 22.9.